The molecule has 0 saturated carbocycles. The quantitative estimate of drug-likeness (QED) is 0.564. The van der Waals surface area contributed by atoms with E-state index in [9.17, 15) is 0 Å². The Morgan fingerprint density at radius 2 is 2.14 bits per heavy atom. The maximum Gasteiger partial charge on any atom is 0.143 e. The largest absolute Gasteiger partial charge is 0.391 e. The van der Waals surface area contributed by atoms with Gasteiger partial charge in [-0.25, -0.2) is 0 Å². The third-order valence-corrected chi connectivity index (χ3v) is 4.49. The van der Waals surface area contributed by atoms with Crippen LogP contribution in [0.25, 0.3) is 0 Å². The molecule has 0 amide bonds. The zero-order chi connectivity index (χ0) is 15.2. The fourth-order valence-corrected chi connectivity index (χ4v) is 2.97. The highest BCUT2D eigenvalue weighted by Crippen LogP contribution is 2.22. The SMILES string of the molecule is C/C(=N/OCc1ccc(Cl)cc1Cl)c1ccc(CC#N)s1. The van der Waals surface area contributed by atoms with Crippen molar-refractivity contribution in [3.63, 3.8) is 0 Å². The summed E-state index contributed by atoms with van der Waals surface area (Å²) in [4.78, 5) is 7.33. The summed E-state index contributed by atoms with van der Waals surface area (Å²) in [6.45, 7) is 2.15. The van der Waals surface area contributed by atoms with Crippen LogP contribution in [-0.2, 0) is 17.9 Å². The number of hydrogen-bond acceptors (Lipinski definition) is 4. The Kier molecular flexibility index (Phi) is 5.63. The zero-order valence-corrected chi connectivity index (χ0v) is 13.6. The monoisotopic (exact) mass is 338 g/mol. The highest BCUT2D eigenvalue weighted by Gasteiger charge is 2.05. The van der Waals surface area contributed by atoms with Crippen LogP contribution < -0.4 is 0 Å². The molecule has 1 aromatic heterocycles. The van der Waals surface area contributed by atoms with E-state index in [4.69, 9.17) is 33.3 Å². The molecule has 0 unspecified atom stereocenters. The van der Waals surface area contributed by atoms with Crippen molar-refractivity contribution in [1.82, 2.24) is 0 Å². The molecular formula is C15H12Cl2N2OS. The third-order valence-electron chi connectivity index (χ3n) is 2.71. The lowest BCUT2D eigenvalue weighted by Crippen LogP contribution is -1.94. The normalized spacial score (nSPS) is 11.2. The van der Waals surface area contributed by atoms with E-state index < -0.39 is 0 Å². The van der Waals surface area contributed by atoms with Gasteiger partial charge in [0.2, 0.25) is 0 Å². The van der Waals surface area contributed by atoms with Gasteiger partial charge in [-0.2, -0.15) is 5.26 Å². The Labute approximate surface area is 137 Å². The average Bonchev–Trinajstić information content (AvgIpc) is 2.90. The Hall–Kier alpha value is -1.54. The Bertz CT molecular complexity index is 704. The first-order chi connectivity index (χ1) is 10.1. The van der Waals surface area contributed by atoms with Crippen molar-refractivity contribution in [2.45, 2.75) is 20.0 Å². The van der Waals surface area contributed by atoms with Crippen molar-refractivity contribution in [2.24, 2.45) is 5.16 Å². The molecule has 21 heavy (non-hydrogen) atoms. The predicted octanol–water partition coefficient (Wildman–Crippen LogP) is 5.06. The van der Waals surface area contributed by atoms with E-state index in [0.717, 1.165) is 21.0 Å². The van der Waals surface area contributed by atoms with Gasteiger partial charge in [0.25, 0.3) is 0 Å². The number of nitrogens with zero attached hydrogens (tertiary/aromatic N) is 2. The molecule has 1 heterocycles. The Morgan fingerprint density at radius 3 is 2.86 bits per heavy atom. The molecule has 0 aliphatic carbocycles. The number of halogens is 2. The minimum Gasteiger partial charge on any atom is -0.391 e. The summed E-state index contributed by atoms with van der Waals surface area (Å²) in [6, 6.07) is 11.2. The van der Waals surface area contributed by atoms with Gasteiger partial charge in [0.15, 0.2) is 0 Å². The van der Waals surface area contributed by atoms with Crippen LogP contribution in [0.5, 0.6) is 0 Å². The van der Waals surface area contributed by atoms with Gasteiger partial charge >= 0.3 is 0 Å². The van der Waals surface area contributed by atoms with Crippen LogP contribution in [-0.4, -0.2) is 5.71 Å². The Balaban J connectivity index is 1.98. The van der Waals surface area contributed by atoms with Crippen molar-refractivity contribution in [2.75, 3.05) is 0 Å². The summed E-state index contributed by atoms with van der Waals surface area (Å²) in [7, 11) is 0. The summed E-state index contributed by atoms with van der Waals surface area (Å²) in [5.74, 6) is 0. The first-order valence-electron chi connectivity index (χ1n) is 6.16. The molecule has 0 aliphatic heterocycles. The molecule has 0 atom stereocenters. The number of nitriles is 1. The predicted molar refractivity (Wildman–Crippen MR) is 87.1 cm³/mol. The number of oxime groups is 1. The summed E-state index contributed by atoms with van der Waals surface area (Å²) >= 11 is 13.4. The molecule has 108 valence electrons. The lowest BCUT2D eigenvalue weighted by atomic mass is 10.2. The summed E-state index contributed by atoms with van der Waals surface area (Å²) in [5, 5.41) is 13.9. The summed E-state index contributed by atoms with van der Waals surface area (Å²) in [5.41, 5.74) is 1.60. The molecule has 0 bridgehead atoms. The van der Waals surface area contributed by atoms with E-state index >= 15 is 0 Å². The lowest BCUT2D eigenvalue weighted by Gasteiger charge is -2.04. The van der Waals surface area contributed by atoms with E-state index in [2.05, 4.69) is 11.2 Å². The van der Waals surface area contributed by atoms with Gasteiger partial charge in [0.1, 0.15) is 6.61 Å². The van der Waals surface area contributed by atoms with Gasteiger partial charge in [0, 0.05) is 20.5 Å². The van der Waals surface area contributed by atoms with Crippen LogP contribution in [0.4, 0.5) is 0 Å². The topological polar surface area (TPSA) is 45.4 Å². The summed E-state index contributed by atoms with van der Waals surface area (Å²) < 4.78 is 0. The second kappa shape index (κ2) is 7.46. The van der Waals surface area contributed by atoms with Crippen molar-refractivity contribution >= 4 is 40.3 Å². The minimum atomic E-state index is 0.282. The van der Waals surface area contributed by atoms with Crippen LogP contribution in [0.1, 0.15) is 22.2 Å². The van der Waals surface area contributed by atoms with Crippen molar-refractivity contribution in [1.29, 1.82) is 5.26 Å². The maximum atomic E-state index is 8.66. The van der Waals surface area contributed by atoms with E-state index in [1.165, 1.54) is 0 Å². The molecule has 0 spiro atoms. The van der Waals surface area contributed by atoms with Gasteiger partial charge in [-0.15, -0.1) is 11.3 Å². The molecule has 2 rings (SSSR count). The second-order valence-corrected chi connectivity index (χ2v) is 6.30. The van der Waals surface area contributed by atoms with E-state index in [1.807, 2.05) is 25.1 Å². The van der Waals surface area contributed by atoms with Crippen LogP contribution in [0.15, 0.2) is 35.5 Å². The maximum absolute atomic E-state index is 8.66. The van der Waals surface area contributed by atoms with Crippen LogP contribution in [0.3, 0.4) is 0 Å². The first kappa shape index (κ1) is 15.8. The fourth-order valence-electron chi connectivity index (χ4n) is 1.63. The number of benzene rings is 1. The second-order valence-electron chi connectivity index (χ2n) is 4.29. The van der Waals surface area contributed by atoms with E-state index in [1.54, 1.807) is 23.5 Å². The highest BCUT2D eigenvalue weighted by molar-refractivity contribution is 7.14. The van der Waals surface area contributed by atoms with Crippen molar-refractivity contribution < 1.29 is 4.84 Å². The standard InChI is InChI=1S/C15H12Cl2N2OS/c1-10(15-5-4-13(21-15)6-7-18)19-20-9-11-2-3-12(16)8-14(11)17/h2-5,8H,6,9H2,1H3/b19-10-. The molecule has 1 aromatic carbocycles. The van der Waals surface area contributed by atoms with Gasteiger partial charge in [-0.1, -0.05) is 34.4 Å². The van der Waals surface area contributed by atoms with E-state index in [0.29, 0.717) is 16.5 Å². The first-order valence-corrected chi connectivity index (χ1v) is 7.74. The molecule has 0 radical (unpaired) electrons. The van der Waals surface area contributed by atoms with Gasteiger partial charge in [0.05, 0.1) is 23.1 Å². The molecule has 0 N–H and O–H groups in total. The zero-order valence-electron chi connectivity index (χ0n) is 11.3. The summed E-state index contributed by atoms with van der Waals surface area (Å²) in [6.07, 6.45) is 0.416. The smallest absolute Gasteiger partial charge is 0.143 e. The lowest BCUT2D eigenvalue weighted by molar-refractivity contribution is 0.130. The van der Waals surface area contributed by atoms with Crippen molar-refractivity contribution in [3.05, 3.63) is 55.7 Å². The third kappa shape index (κ3) is 4.47. The minimum absolute atomic E-state index is 0.282. The number of hydrogen-bond donors (Lipinski definition) is 0. The number of thiophene rings is 1. The fraction of sp³-hybridized carbons (Fsp3) is 0.200. The molecule has 2 aromatic rings. The molecule has 0 saturated heterocycles. The van der Waals surface area contributed by atoms with Crippen LogP contribution >= 0.6 is 34.5 Å². The van der Waals surface area contributed by atoms with Gasteiger partial charge < -0.3 is 4.84 Å². The van der Waals surface area contributed by atoms with Crippen molar-refractivity contribution in [3.8, 4) is 6.07 Å². The van der Waals surface area contributed by atoms with Crippen LogP contribution in [0, 0.1) is 11.3 Å². The molecule has 3 nitrogen and oxygen atoms in total. The molecule has 0 aliphatic rings. The number of rotatable bonds is 5. The molecule has 0 fully saturated rings. The highest BCUT2D eigenvalue weighted by atomic mass is 35.5. The molecular weight excluding hydrogens is 327 g/mol. The van der Waals surface area contributed by atoms with E-state index in [-0.39, 0.29) is 6.61 Å². The van der Waals surface area contributed by atoms with Crippen LogP contribution in [0.2, 0.25) is 10.0 Å². The average molecular weight is 339 g/mol. The van der Waals surface area contributed by atoms with Gasteiger partial charge in [-0.05, 0) is 31.2 Å². The molecule has 6 heteroatoms. The van der Waals surface area contributed by atoms with Gasteiger partial charge in [-0.3, -0.25) is 0 Å². The Morgan fingerprint density at radius 1 is 1.33 bits per heavy atom.